The lowest BCUT2D eigenvalue weighted by molar-refractivity contribution is -0.118. The molecule has 2 aliphatic heterocycles. The van der Waals surface area contributed by atoms with Gasteiger partial charge in [-0.2, -0.15) is 0 Å². The molecule has 0 saturated carbocycles. The van der Waals surface area contributed by atoms with Crippen molar-refractivity contribution in [2.24, 2.45) is 0 Å². The summed E-state index contributed by atoms with van der Waals surface area (Å²) in [6.07, 6.45) is 14.4. The average Bonchev–Trinajstić information content (AvgIpc) is 3.12. The van der Waals surface area contributed by atoms with Gasteiger partial charge in [0.05, 0.1) is 13.2 Å². The highest BCUT2D eigenvalue weighted by atomic mass is 16.5. The summed E-state index contributed by atoms with van der Waals surface area (Å²) >= 11 is 0. The van der Waals surface area contributed by atoms with Crippen molar-refractivity contribution < 1.29 is 9.53 Å². The number of anilines is 1. The number of carbonyl (C=O) groups is 1. The quantitative estimate of drug-likeness (QED) is 0.672. The molecular weight excluding hydrogens is 450 g/mol. The predicted octanol–water partition coefficient (Wildman–Crippen LogP) is 3.75. The number of ether oxygens (including phenoxy) is 1. The van der Waals surface area contributed by atoms with E-state index in [9.17, 15) is 4.79 Å². The summed E-state index contributed by atoms with van der Waals surface area (Å²) in [6.45, 7) is 8.30. The number of piperidine rings is 1. The summed E-state index contributed by atoms with van der Waals surface area (Å²) in [5.41, 5.74) is 5.09. The van der Waals surface area contributed by atoms with Crippen molar-refractivity contribution in [2.75, 3.05) is 44.3 Å². The standard InChI is InChI=1S/C29H35N5O2/c1-22-26(24-5-4-12-30-20-24)6-2-3-7-27(22)29(35)32-25-10-13-34(14-11-25)28-9-8-23(19-31-28)21-33-15-17-36-18-16-33/h3-9,12,19-20,25H,2,10-11,13-18,21H2,1H3,(H,32,35). The number of allylic oxidation sites excluding steroid dienone is 4. The fourth-order valence-electron chi connectivity index (χ4n) is 5.13. The van der Waals surface area contributed by atoms with Gasteiger partial charge in [-0.1, -0.05) is 30.4 Å². The lowest BCUT2D eigenvalue weighted by Gasteiger charge is -2.33. The maximum absolute atomic E-state index is 13.3. The lowest BCUT2D eigenvalue weighted by atomic mass is 9.95. The molecule has 2 aromatic heterocycles. The topological polar surface area (TPSA) is 70.6 Å². The fourth-order valence-corrected chi connectivity index (χ4v) is 5.13. The second-order valence-corrected chi connectivity index (χ2v) is 9.68. The summed E-state index contributed by atoms with van der Waals surface area (Å²) in [7, 11) is 0. The second-order valence-electron chi connectivity index (χ2n) is 9.68. The minimum Gasteiger partial charge on any atom is -0.379 e. The number of aromatic nitrogens is 2. The molecule has 5 rings (SSSR count). The van der Waals surface area contributed by atoms with Gasteiger partial charge in [0.2, 0.25) is 0 Å². The summed E-state index contributed by atoms with van der Waals surface area (Å²) in [5.74, 6) is 1.02. The maximum atomic E-state index is 13.3. The Balaban J connectivity index is 1.16. The molecule has 188 valence electrons. The molecule has 2 fully saturated rings. The molecule has 0 bridgehead atoms. The molecule has 2 saturated heterocycles. The van der Waals surface area contributed by atoms with Gasteiger partial charge in [-0.15, -0.1) is 0 Å². The number of nitrogens with zero attached hydrogens (tertiary/aromatic N) is 4. The first-order chi connectivity index (χ1) is 17.7. The van der Waals surface area contributed by atoms with Crippen molar-refractivity contribution in [3.8, 4) is 0 Å². The van der Waals surface area contributed by atoms with E-state index in [0.717, 1.165) is 93.3 Å². The number of rotatable bonds is 6. The Morgan fingerprint density at radius 1 is 1.11 bits per heavy atom. The molecule has 0 atom stereocenters. The van der Waals surface area contributed by atoms with E-state index in [1.165, 1.54) is 5.56 Å². The van der Waals surface area contributed by atoms with Crippen LogP contribution in [0.1, 0.15) is 37.3 Å². The highest BCUT2D eigenvalue weighted by Crippen LogP contribution is 2.29. The Kier molecular flexibility index (Phi) is 7.88. The van der Waals surface area contributed by atoms with Gasteiger partial charge >= 0.3 is 0 Å². The van der Waals surface area contributed by atoms with Gasteiger partial charge in [0, 0.05) is 62.9 Å². The van der Waals surface area contributed by atoms with Crippen molar-refractivity contribution in [3.05, 3.63) is 83.4 Å². The van der Waals surface area contributed by atoms with Crippen molar-refractivity contribution in [3.63, 3.8) is 0 Å². The number of pyridine rings is 2. The zero-order valence-corrected chi connectivity index (χ0v) is 21.0. The van der Waals surface area contributed by atoms with Crippen LogP contribution in [0, 0.1) is 0 Å². The van der Waals surface area contributed by atoms with E-state index >= 15 is 0 Å². The van der Waals surface area contributed by atoms with Crippen molar-refractivity contribution in [1.82, 2.24) is 20.2 Å². The van der Waals surface area contributed by atoms with E-state index in [4.69, 9.17) is 9.72 Å². The predicted molar refractivity (Wildman–Crippen MR) is 142 cm³/mol. The minimum atomic E-state index is 0.00415. The molecule has 0 unspecified atom stereocenters. The first-order valence-electron chi connectivity index (χ1n) is 13.0. The zero-order valence-electron chi connectivity index (χ0n) is 21.0. The van der Waals surface area contributed by atoms with Gasteiger partial charge in [-0.05, 0) is 60.6 Å². The van der Waals surface area contributed by atoms with E-state index in [0.29, 0.717) is 0 Å². The van der Waals surface area contributed by atoms with E-state index in [-0.39, 0.29) is 11.9 Å². The highest BCUT2D eigenvalue weighted by molar-refractivity contribution is 6.01. The van der Waals surface area contributed by atoms with E-state index < -0.39 is 0 Å². The van der Waals surface area contributed by atoms with Crippen molar-refractivity contribution >= 4 is 17.3 Å². The summed E-state index contributed by atoms with van der Waals surface area (Å²) < 4.78 is 5.44. The first-order valence-corrected chi connectivity index (χ1v) is 13.0. The molecule has 1 N–H and O–H groups in total. The Labute approximate surface area is 213 Å². The monoisotopic (exact) mass is 485 g/mol. The summed E-state index contributed by atoms with van der Waals surface area (Å²) in [6, 6.07) is 8.46. The third-order valence-corrected chi connectivity index (χ3v) is 7.24. The molecule has 0 radical (unpaired) electrons. The van der Waals surface area contributed by atoms with Crippen LogP contribution in [-0.4, -0.2) is 66.2 Å². The van der Waals surface area contributed by atoms with Crippen LogP contribution in [0.5, 0.6) is 0 Å². The van der Waals surface area contributed by atoms with Gasteiger partial charge in [0.25, 0.3) is 5.91 Å². The molecule has 36 heavy (non-hydrogen) atoms. The molecule has 0 aromatic carbocycles. The van der Waals surface area contributed by atoms with Gasteiger partial charge in [0.1, 0.15) is 5.82 Å². The molecule has 7 heteroatoms. The normalized spacial score (nSPS) is 19.7. The molecule has 4 heterocycles. The zero-order chi connectivity index (χ0) is 24.7. The fraction of sp³-hybridized carbons (Fsp3) is 0.414. The molecule has 1 amide bonds. The maximum Gasteiger partial charge on any atom is 0.251 e. The number of nitrogens with one attached hydrogen (secondary N) is 1. The molecular formula is C29H35N5O2. The molecule has 3 aliphatic rings. The molecule has 7 nitrogen and oxygen atoms in total. The first kappa shape index (κ1) is 24.4. The average molecular weight is 486 g/mol. The van der Waals surface area contributed by atoms with Crippen LogP contribution in [-0.2, 0) is 16.1 Å². The Bertz CT molecular complexity index is 1130. The van der Waals surface area contributed by atoms with Crippen LogP contribution < -0.4 is 10.2 Å². The van der Waals surface area contributed by atoms with Crippen LogP contribution in [0.3, 0.4) is 0 Å². The number of carbonyl (C=O) groups excluding carboxylic acids is 1. The van der Waals surface area contributed by atoms with Crippen molar-refractivity contribution in [1.29, 1.82) is 0 Å². The lowest BCUT2D eigenvalue weighted by Crippen LogP contribution is -2.45. The minimum absolute atomic E-state index is 0.00415. The molecule has 0 spiro atoms. The van der Waals surface area contributed by atoms with Gasteiger partial charge in [-0.25, -0.2) is 4.98 Å². The van der Waals surface area contributed by atoms with E-state index in [2.05, 4.69) is 44.4 Å². The van der Waals surface area contributed by atoms with E-state index in [1.54, 1.807) is 6.20 Å². The van der Waals surface area contributed by atoms with Crippen LogP contribution >= 0.6 is 0 Å². The SMILES string of the molecule is CC1=C(C(=O)NC2CCN(c3ccc(CN4CCOCC4)cn3)CC2)C=CCC=C1c1cccnc1. The van der Waals surface area contributed by atoms with Crippen molar-refractivity contribution in [2.45, 2.75) is 38.8 Å². The van der Waals surface area contributed by atoms with Gasteiger partial charge < -0.3 is 15.0 Å². The van der Waals surface area contributed by atoms with Crippen LogP contribution in [0.2, 0.25) is 0 Å². The second kappa shape index (κ2) is 11.6. The smallest absolute Gasteiger partial charge is 0.251 e. The number of hydrogen-bond acceptors (Lipinski definition) is 6. The largest absolute Gasteiger partial charge is 0.379 e. The Hall–Kier alpha value is -3.29. The number of hydrogen-bond donors (Lipinski definition) is 1. The van der Waals surface area contributed by atoms with Gasteiger partial charge in [0.15, 0.2) is 0 Å². The van der Waals surface area contributed by atoms with Crippen LogP contribution in [0.25, 0.3) is 5.57 Å². The highest BCUT2D eigenvalue weighted by Gasteiger charge is 2.24. The Morgan fingerprint density at radius 2 is 1.94 bits per heavy atom. The molecule has 1 aliphatic carbocycles. The third kappa shape index (κ3) is 5.91. The summed E-state index contributed by atoms with van der Waals surface area (Å²) in [5, 5.41) is 3.29. The molecule has 2 aromatic rings. The van der Waals surface area contributed by atoms with Crippen LogP contribution in [0.4, 0.5) is 5.82 Å². The number of amides is 1. The summed E-state index contributed by atoms with van der Waals surface area (Å²) in [4.78, 5) is 27.0. The van der Waals surface area contributed by atoms with E-state index in [1.807, 2.05) is 37.5 Å². The third-order valence-electron chi connectivity index (χ3n) is 7.24. The van der Waals surface area contributed by atoms with Crippen LogP contribution in [0.15, 0.2) is 72.2 Å². The van der Waals surface area contributed by atoms with Gasteiger partial charge in [-0.3, -0.25) is 14.7 Å². The number of morpholine rings is 1. The Morgan fingerprint density at radius 3 is 2.67 bits per heavy atom.